The van der Waals surface area contributed by atoms with E-state index in [1.165, 1.54) is 13.0 Å². The minimum atomic E-state index is -0.700. The van der Waals surface area contributed by atoms with Crippen LogP contribution in [0.1, 0.15) is 39.7 Å². The summed E-state index contributed by atoms with van der Waals surface area (Å²) < 4.78 is 16.3. The van der Waals surface area contributed by atoms with E-state index in [4.69, 9.17) is 14.2 Å². The topological polar surface area (TPSA) is 82.1 Å². The van der Waals surface area contributed by atoms with Crippen LogP contribution in [-0.4, -0.2) is 46.5 Å². The van der Waals surface area contributed by atoms with Crippen molar-refractivity contribution >= 4 is 29.7 Å². The molecule has 0 unspecified atom stereocenters. The fourth-order valence-corrected chi connectivity index (χ4v) is 3.18. The second-order valence-corrected chi connectivity index (χ2v) is 8.54. The quantitative estimate of drug-likeness (QED) is 0.488. The lowest BCUT2D eigenvalue weighted by molar-refractivity contribution is -0.132. The molecule has 0 saturated heterocycles. The summed E-state index contributed by atoms with van der Waals surface area (Å²) in [6.07, 6.45) is 3.21. The van der Waals surface area contributed by atoms with Gasteiger partial charge in [0.05, 0.1) is 0 Å². The van der Waals surface area contributed by atoms with E-state index in [1.54, 1.807) is 56.8 Å². The van der Waals surface area contributed by atoms with E-state index in [2.05, 4.69) is 0 Å². The van der Waals surface area contributed by atoms with E-state index < -0.39 is 23.6 Å². The predicted molar refractivity (Wildman–Crippen MR) is 110 cm³/mol. The third-order valence-corrected chi connectivity index (χ3v) is 4.56. The number of benzene rings is 1. The second kappa shape index (κ2) is 9.82. The van der Waals surface area contributed by atoms with Crippen LogP contribution < -0.4 is 4.74 Å². The van der Waals surface area contributed by atoms with Gasteiger partial charge in [0, 0.05) is 13.0 Å². The number of nitrogens with zero attached hydrogens (tertiary/aromatic N) is 1. The van der Waals surface area contributed by atoms with Crippen LogP contribution in [0.3, 0.4) is 0 Å². The van der Waals surface area contributed by atoms with Crippen LogP contribution >= 0.6 is 11.8 Å². The zero-order chi connectivity index (χ0) is 21.6. The molecule has 1 heterocycles. The van der Waals surface area contributed by atoms with Gasteiger partial charge in [-0.05, 0) is 56.9 Å². The number of thioether (sulfide) groups is 1. The van der Waals surface area contributed by atoms with Gasteiger partial charge in [-0.1, -0.05) is 12.1 Å². The summed E-state index contributed by atoms with van der Waals surface area (Å²) in [5.41, 5.74) is 0.142. The largest absolute Gasteiger partial charge is 0.491 e. The first-order valence-electron chi connectivity index (χ1n) is 9.27. The molecule has 2 rings (SSSR count). The van der Waals surface area contributed by atoms with Gasteiger partial charge in [-0.3, -0.25) is 9.59 Å². The first-order valence-corrected chi connectivity index (χ1v) is 10.7. The maximum absolute atomic E-state index is 12.5. The number of ether oxygens (including phenoxy) is 3. The van der Waals surface area contributed by atoms with Crippen molar-refractivity contribution in [2.75, 3.05) is 12.0 Å². The first-order chi connectivity index (χ1) is 13.6. The Labute approximate surface area is 175 Å². The Balaban J connectivity index is 2.07. The summed E-state index contributed by atoms with van der Waals surface area (Å²) in [4.78, 5) is 37.1. The molecule has 8 heteroatoms. The molecular weight excluding hydrogens is 394 g/mol. The van der Waals surface area contributed by atoms with Crippen molar-refractivity contribution in [2.24, 2.45) is 0 Å². The molecule has 0 N–H and O–H groups in total. The highest BCUT2D eigenvalue weighted by molar-refractivity contribution is 7.98. The number of imide groups is 1. The fourth-order valence-electron chi connectivity index (χ4n) is 2.72. The summed E-state index contributed by atoms with van der Waals surface area (Å²) in [5.74, 6) is 0.826. The van der Waals surface area contributed by atoms with Crippen LogP contribution in [0.25, 0.3) is 0 Å². The number of carbonyl (C=O) groups is 3. The zero-order valence-corrected chi connectivity index (χ0v) is 18.2. The van der Waals surface area contributed by atoms with Crippen LogP contribution in [0.2, 0.25) is 0 Å². The van der Waals surface area contributed by atoms with E-state index in [1.807, 2.05) is 6.26 Å². The molecule has 0 bridgehead atoms. The molecule has 0 fully saturated rings. The summed E-state index contributed by atoms with van der Waals surface area (Å²) in [6, 6.07) is 6.40. The Hall–Kier alpha value is -2.48. The minimum Gasteiger partial charge on any atom is -0.491 e. The van der Waals surface area contributed by atoms with Crippen LogP contribution in [0.5, 0.6) is 5.75 Å². The minimum absolute atomic E-state index is 0.220. The highest BCUT2D eigenvalue weighted by Gasteiger charge is 2.40. The van der Waals surface area contributed by atoms with Crippen molar-refractivity contribution in [1.29, 1.82) is 0 Å². The summed E-state index contributed by atoms with van der Waals surface area (Å²) in [7, 11) is 0. The number of esters is 1. The normalized spacial score (nSPS) is 16.4. The van der Waals surface area contributed by atoms with Crippen LogP contribution in [0, 0.1) is 0 Å². The van der Waals surface area contributed by atoms with Gasteiger partial charge in [-0.25, -0.2) is 9.69 Å². The van der Waals surface area contributed by atoms with Gasteiger partial charge in [-0.15, -0.1) is 0 Å². The van der Waals surface area contributed by atoms with Crippen molar-refractivity contribution in [3.05, 3.63) is 41.7 Å². The summed E-state index contributed by atoms with van der Waals surface area (Å²) in [5, 5.41) is 0. The van der Waals surface area contributed by atoms with E-state index >= 15 is 0 Å². The monoisotopic (exact) mass is 421 g/mol. The Morgan fingerprint density at radius 2 is 1.83 bits per heavy atom. The zero-order valence-electron chi connectivity index (χ0n) is 17.4. The molecule has 1 aromatic carbocycles. The van der Waals surface area contributed by atoms with Gasteiger partial charge in [-0.2, -0.15) is 11.8 Å². The average molecular weight is 422 g/mol. The van der Waals surface area contributed by atoms with Gasteiger partial charge in [0.2, 0.25) is 0 Å². The molecule has 2 amide bonds. The Bertz CT molecular complexity index is 781. The molecule has 1 aliphatic heterocycles. The molecule has 1 aromatic rings. The van der Waals surface area contributed by atoms with Gasteiger partial charge in [0.1, 0.15) is 29.8 Å². The fraction of sp³-hybridized carbons (Fsp3) is 0.476. The number of hydrogen-bond donors (Lipinski definition) is 0. The molecule has 7 nitrogen and oxygen atoms in total. The van der Waals surface area contributed by atoms with Crippen molar-refractivity contribution in [1.82, 2.24) is 4.90 Å². The summed E-state index contributed by atoms with van der Waals surface area (Å²) in [6.45, 7) is 6.83. The molecule has 0 saturated carbocycles. The van der Waals surface area contributed by atoms with Crippen LogP contribution in [0.15, 0.2) is 36.1 Å². The Morgan fingerprint density at radius 3 is 2.38 bits per heavy atom. The lowest BCUT2D eigenvalue weighted by Gasteiger charge is -2.28. The predicted octanol–water partition coefficient (Wildman–Crippen LogP) is 3.91. The Kier molecular flexibility index (Phi) is 7.73. The van der Waals surface area contributed by atoms with E-state index in [0.717, 1.165) is 16.2 Å². The molecule has 0 aliphatic carbocycles. The van der Waals surface area contributed by atoms with Crippen molar-refractivity contribution in [3.63, 3.8) is 0 Å². The van der Waals surface area contributed by atoms with Gasteiger partial charge < -0.3 is 14.2 Å². The summed E-state index contributed by atoms with van der Waals surface area (Å²) >= 11 is 1.63. The number of carbonyl (C=O) groups excluding carboxylic acids is 3. The van der Waals surface area contributed by atoms with Gasteiger partial charge in [0.15, 0.2) is 0 Å². The molecule has 1 aliphatic rings. The molecule has 0 radical (unpaired) electrons. The molecule has 29 heavy (non-hydrogen) atoms. The third-order valence-electron chi connectivity index (χ3n) is 3.92. The van der Waals surface area contributed by atoms with Crippen molar-refractivity contribution in [3.8, 4) is 5.75 Å². The third kappa shape index (κ3) is 6.81. The van der Waals surface area contributed by atoms with Gasteiger partial charge in [0.25, 0.3) is 5.91 Å². The highest BCUT2D eigenvalue weighted by Crippen LogP contribution is 2.28. The van der Waals surface area contributed by atoms with E-state index in [-0.39, 0.29) is 12.6 Å². The van der Waals surface area contributed by atoms with Crippen molar-refractivity contribution in [2.45, 2.75) is 52.4 Å². The standard InChI is InChI=1S/C21H27NO6S/c1-14(23)27-16-8-6-15(7-9-16)13-26-18-12-19(24)22(17(18)10-11-29-5)20(25)28-21(2,3)4/h6-9,12,17H,10-11,13H2,1-5H3/t17-/m0/s1. The lowest BCUT2D eigenvalue weighted by Crippen LogP contribution is -2.44. The highest BCUT2D eigenvalue weighted by atomic mass is 32.2. The average Bonchev–Trinajstić information content (AvgIpc) is 2.92. The number of hydrogen-bond acceptors (Lipinski definition) is 7. The first kappa shape index (κ1) is 22.8. The molecule has 0 spiro atoms. The smallest absolute Gasteiger partial charge is 0.418 e. The molecular formula is C21H27NO6S. The number of amides is 2. The van der Waals surface area contributed by atoms with Gasteiger partial charge >= 0.3 is 12.1 Å². The SMILES string of the molecule is CSCC[C@H]1C(OCc2ccc(OC(C)=O)cc2)=CC(=O)N1C(=O)OC(C)(C)C. The van der Waals surface area contributed by atoms with E-state index in [0.29, 0.717) is 17.9 Å². The second-order valence-electron chi connectivity index (χ2n) is 7.56. The Morgan fingerprint density at radius 1 is 1.17 bits per heavy atom. The molecule has 0 aromatic heterocycles. The van der Waals surface area contributed by atoms with Crippen LogP contribution in [0.4, 0.5) is 4.79 Å². The van der Waals surface area contributed by atoms with Crippen molar-refractivity contribution < 1.29 is 28.6 Å². The number of rotatable bonds is 7. The lowest BCUT2D eigenvalue weighted by atomic mass is 10.2. The molecule has 1 atom stereocenters. The molecule has 158 valence electrons. The van der Waals surface area contributed by atoms with Crippen LogP contribution in [-0.2, 0) is 25.7 Å². The maximum atomic E-state index is 12.5. The van der Waals surface area contributed by atoms with E-state index in [9.17, 15) is 14.4 Å². The maximum Gasteiger partial charge on any atom is 0.418 e.